The lowest BCUT2D eigenvalue weighted by Gasteiger charge is -2.24. The van der Waals surface area contributed by atoms with E-state index in [4.69, 9.17) is 4.74 Å². The molecule has 10 heteroatoms. The van der Waals surface area contributed by atoms with Gasteiger partial charge in [-0.3, -0.25) is 4.79 Å². The fourth-order valence-corrected chi connectivity index (χ4v) is 3.90. The average Bonchev–Trinajstić information content (AvgIpc) is 3.03. The number of hydrogen-bond donors (Lipinski definition) is 1. The third-order valence-corrected chi connectivity index (χ3v) is 5.78. The Hall–Kier alpha value is -3.56. The summed E-state index contributed by atoms with van der Waals surface area (Å²) in [4.78, 5) is 38.7. The topological polar surface area (TPSA) is 87.2 Å². The second kappa shape index (κ2) is 9.59. The van der Waals surface area contributed by atoms with Crippen LogP contribution >= 0.6 is 0 Å². The molecule has 0 aromatic heterocycles. The van der Waals surface area contributed by atoms with Crippen LogP contribution in [0.1, 0.15) is 42.5 Å². The molecule has 0 spiro atoms. The average molecular weight is 492 g/mol. The fourth-order valence-electron chi connectivity index (χ4n) is 3.90. The van der Waals surface area contributed by atoms with Gasteiger partial charge in [-0.2, -0.15) is 13.2 Å². The number of rotatable bonds is 8. The minimum Gasteiger partial charge on any atom is -0.478 e. The molecule has 2 aromatic carbocycles. The molecule has 35 heavy (non-hydrogen) atoms. The summed E-state index contributed by atoms with van der Waals surface area (Å²) in [5, 5.41) is 9.31. The zero-order valence-electron chi connectivity index (χ0n) is 19.9. The smallest absolute Gasteiger partial charge is 0.416 e. The maximum atomic E-state index is 12.8. The molecule has 3 rings (SSSR count). The summed E-state index contributed by atoms with van der Waals surface area (Å²) in [7, 11) is 0. The highest BCUT2D eigenvalue weighted by Gasteiger charge is 2.37. The molecule has 1 heterocycles. The van der Waals surface area contributed by atoms with Crippen LogP contribution < -0.4 is 9.64 Å². The number of benzene rings is 2. The molecule has 1 fully saturated rings. The number of ether oxygens (including phenoxy) is 1. The Kier molecular flexibility index (Phi) is 7.14. The number of carbonyl (C=O) groups excluding carboxylic acids is 2. The monoisotopic (exact) mass is 492 g/mol. The number of carbonyl (C=O) groups is 3. The first-order chi connectivity index (χ1) is 16.2. The van der Waals surface area contributed by atoms with Gasteiger partial charge in [-0.1, -0.05) is 12.1 Å². The normalized spacial score (nSPS) is 14.6. The number of nitrogens with zero attached hydrogens (tertiary/aromatic N) is 2. The van der Waals surface area contributed by atoms with Crippen molar-refractivity contribution in [3.05, 3.63) is 58.7 Å². The first-order valence-corrected chi connectivity index (χ1v) is 11.0. The van der Waals surface area contributed by atoms with Crippen molar-refractivity contribution < 1.29 is 37.4 Å². The van der Waals surface area contributed by atoms with Crippen molar-refractivity contribution in [2.75, 3.05) is 18.0 Å². The standard InChI is InChI=1S/C25H27F3N2O5/c1-15-12-17(13-16(2)21(15)35-24(3,4)22(32)33)6-5-11-29-14-20(31)30(23(29)34)19-9-7-18(8-10-19)25(26,27)28/h7-10,12-13H,5-6,11,14H2,1-4H3,(H,32,33). The Labute approximate surface area is 201 Å². The van der Waals surface area contributed by atoms with E-state index in [2.05, 4.69) is 0 Å². The van der Waals surface area contributed by atoms with Crippen LogP contribution in [0.4, 0.5) is 23.7 Å². The lowest BCUT2D eigenvalue weighted by molar-refractivity contribution is -0.152. The number of alkyl halides is 3. The summed E-state index contributed by atoms with van der Waals surface area (Å²) in [6, 6.07) is 7.13. The number of carboxylic acid groups (broad SMARTS) is 1. The first-order valence-electron chi connectivity index (χ1n) is 11.0. The highest BCUT2D eigenvalue weighted by molar-refractivity contribution is 6.19. The molecule has 0 aliphatic carbocycles. The van der Waals surface area contributed by atoms with Crippen LogP contribution in [0.25, 0.3) is 0 Å². The fraction of sp³-hybridized carbons (Fsp3) is 0.400. The largest absolute Gasteiger partial charge is 0.478 e. The van der Waals surface area contributed by atoms with Crippen LogP contribution in [0.5, 0.6) is 5.75 Å². The predicted molar refractivity (Wildman–Crippen MR) is 122 cm³/mol. The van der Waals surface area contributed by atoms with Gasteiger partial charge in [0.1, 0.15) is 12.3 Å². The molecule has 0 radical (unpaired) electrons. The van der Waals surface area contributed by atoms with E-state index >= 15 is 0 Å². The van der Waals surface area contributed by atoms with Crippen molar-refractivity contribution in [1.82, 2.24) is 4.90 Å². The molecule has 188 valence electrons. The molecule has 0 saturated carbocycles. The van der Waals surface area contributed by atoms with Crippen LogP contribution in [0.3, 0.4) is 0 Å². The lowest BCUT2D eigenvalue weighted by Crippen LogP contribution is -2.38. The van der Waals surface area contributed by atoms with Crippen LogP contribution in [0.15, 0.2) is 36.4 Å². The number of imide groups is 1. The number of hydrogen-bond acceptors (Lipinski definition) is 4. The molecule has 2 aromatic rings. The summed E-state index contributed by atoms with van der Waals surface area (Å²) in [6.45, 7) is 6.76. The second-order valence-corrected chi connectivity index (χ2v) is 9.06. The maximum Gasteiger partial charge on any atom is 0.416 e. The van der Waals surface area contributed by atoms with Crippen molar-refractivity contribution in [3.8, 4) is 5.75 Å². The van der Waals surface area contributed by atoms with Crippen molar-refractivity contribution >= 4 is 23.6 Å². The van der Waals surface area contributed by atoms with Gasteiger partial charge in [-0.25, -0.2) is 14.5 Å². The molecule has 1 aliphatic rings. The van der Waals surface area contributed by atoms with Crippen LogP contribution in [-0.2, 0) is 22.2 Å². The number of anilines is 1. The zero-order valence-corrected chi connectivity index (χ0v) is 19.9. The Balaban J connectivity index is 1.62. The quantitative estimate of drug-likeness (QED) is 0.526. The number of aliphatic carboxylic acids is 1. The minimum atomic E-state index is -4.50. The first kappa shape index (κ1) is 26.1. The van der Waals surface area contributed by atoms with Crippen LogP contribution in [0, 0.1) is 13.8 Å². The SMILES string of the molecule is Cc1cc(CCCN2CC(=O)N(c3ccc(C(F)(F)F)cc3)C2=O)cc(C)c1OC(C)(C)C(=O)O. The predicted octanol–water partition coefficient (Wildman–Crippen LogP) is 4.97. The lowest BCUT2D eigenvalue weighted by atomic mass is 10.0. The van der Waals surface area contributed by atoms with Crippen molar-refractivity contribution in [1.29, 1.82) is 0 Å². The molecular weight excluding hydrogens is 465 g/mol. The van der Waals surface area contributed by atoms with Gasteiger partial charge in [0.05, 0.1) is 11.3 Å². The van der Waals surface area contributed by atoms with Crippen molar-refractivity contribution in [2.24, 2.45) is 0 Å². The third-order valence-electron chi connectivity index (χ3n) is 5.78. The molecule has 1 aliphatic heterocycles. The maximum absolute atomic E-state index is 12.8. The van der Waals surface area contributed by atoms with E-state index in [-0.39, 0.29) is 12.2 Å². The summed E-state index contributed by atoms with van der Waals surface area (Å²) in [5.74, 6) is -1.06. The van der Waals surface area contributed by atoms with E-state index in [0.29, 0.717) is 25.1 Å². The third kappa shape index (κ3) is 5.75. The molecular formula is C25H27F3N2O5. The van der Waals surface area contributed by atoms with Crippen molar-refractivity contribution in [3.63, 3.8) is 0 Å². The van der Waals surface area contributed by atoms with E-state index in [0.717, 1.165) is 45.9 Å². The molecule has 3 amide bonds. The Morgan fingerprint density at radius 3 is 2.14 bits per heavy atom. The summed E-state index contributed by atoms with van der Waals surface area (Å²) >= 11 is 0. The van der Waals surface area contributed by atoms with Gasteiger partial charge >= 0.3 is 18.2 Å². The Morgan fingerprint density at radius 2 is 1.63 bits per heavy atom. The highest BCUT2D eigenvalue weighted by atomic mass is 19.4. The number of amides is 3. The Morgan fingerprint density at radius 1 is 1.06 bits per heavy atom. The molecule has 7 nitrogen and oxygen atoms in total. The van der Waals surface area contributed by atoms with Gasteiger partial charge in [0.15, 0.2) is 5.60 Å². The molecule has 1 N–H and O–H groups in total. The van der Waals surface area contributed by atoms with Crippen LogP contribution in [-0.4, -0.2) is 46.6 Å². The number of halogens is 3. The molecule has 0 bridgehead atoms. The Bertz CT molecular complexity index is 1120. The van der Waals surface area contributed by atoms with E-state index in [9.17, 15) is 32.7 Å². The van der Waals surface area contributed by atoms with Crippen molar-refractivity contribution in [2.45, 2.75) is 52.3 Å². The van der Waals surface area contributed by atoms with E-state index < -0.39 is 35.2 Å². The summed E-state index contributed by atoms with van der Waals surface area (Å²) in [6.07, 6.45) is -3.35. The van der Waals surface area contributed by atoms with Gasteiger partial charge in [0.25, 0.3) is 5.91 Å². The summed E-state index contributed by atoms with van der Waals surface area (Å²) in [5.41, 5.74) is 0.411. The van der Waals surface area contributed by atoms with Gasteiger partial charge < -0.3 is 14.7 Å². The number of urea groups is 1. The number of aryl methyl sites for hydroxylation is 3. The zero-order chi connectivity index (χ0) is 26.1. The molecule has 1 saturated heterocycles. The second-order valence-electron chi connectivity index (χ2n) is 9.06. The molecule has 0 atom stereocenters. The minimum absolute atomic E-state index is 0.0987. The van der Waals surface area contributed by atoms with Crippen LogP contribution in [0.2, 0.25) is 0 Å². The highest BCUT2D eigenvalue weighted by Crippen LogP contribution is 2.32. The molecule has 0 unspecified atom stereocenters. The van der Waals surface area contributed by atoms with E-state index in [1.165, 1.54) is 18.7 Å². The number of carboxylic acids is 1. The van der Waals surface area contributed by atoms with Gasteiger partial charge in [-0.05, 0) is 81.5 Å². The summed E-state index contributed by atoms with van der Waals surface area (Å²) < 4.78 is 44.1. The van der Waals surface area contributed by atoms with E-state index in [1.807, 2.05) is 26.0 Å². The van der Waals surface area contributed by atoms with Gasteiger partial charge in [0.2, 0.25) is 0 Å². The van der Waals surface area contributed by atoms with Gasteiger partial charge in [-0.15, -0.1) is 0 Å². The van der Waals surface area contributed by atoms with Gasteiger partial charge in [0, 0.05) is 6.54 Å². The van der Waals surface area contributed by atoms with E-state index in [1.54, 1.807) is 0 Å².